The molecular formula is C19H22ClNO3. The second kappa shape index (κ2) is 8.60. The van der Waals surface area contributed by atoms with Gasteiger partial charge in [-0.1, -0.05) is 29.8 Å². The Bertz CT molecular complexity index is 716. The Kier molecular flexibility index (Phi) is 6.50. The molecular weight excluding hydrogens is 326 g/mol. The number of carbonyl (C=O) groups excluding carboxylic acids is 1. The molecule has 0 heterocycles. The van der Waals surface area contributed by atoms with Gasteiger partial charge in [-0.25, -0.2) is 0 Å². The lowest BCUT2D eigenvalue weighted by atomic mass is 10.2. The van der Waals surface area contributed by atoms with E-state index in [0.717, 1.165) is 16.9 Å². The SMILES string of the molecule is COc1cc(Cl)c(C)cc1NC(=O)CCCOc1ccccc1C. The Hall–Kier alpha value is -2.20. The van der Waals surface area contributed by atoms with Gasteiger partial charge in [-0.05, 0) is 43.5 Å². The van der Waals surface area contributed by atoms with Crippen LogP contribution in [0, 0.1) is 13.8 Å². The molecule has 0 spiro atoms. The molecule has 1 amide bonds. The van der Waals surface area contributed by atoms with Crippen molar-refractivity contribution in [3.8, 4) is 11.5 Å². The van der Waals surface area contributed by atoms with Gasteiger partial charge in [0.25, 0.3) is 0 Å². The third-order valence-electron chi connectivity index (χ3n) is 3.65. The molecule has 128 valence electrons. The fourth-order valence-electron chi connectivity index (χ4n) is 2.28. The lowest BCUT2D eigenvalue weighted by molar-refractivity contribution is -0.116. The predicted molar refractivity (Wildman–Crippen MR) is 97.3 cm³/mol. The first-order chi connectivity index (χ1) is 11.5. The van der Waals surface area contributed by atoms with Gasteiger partial charge in [0, 0.05) is 17.5 Å². The highest BCUT2D eigenvalue weighted by molar-refractivity contribution is 6.31. The summed E-state index contributed by atoms with van der Waals surface area (Å²) in [6.45, 7) is 4.37. The van der Waals surface area contributed by atoms with Gasteiger partial charge >= 0.3 is 0 Å². The summed E-state index contributed by atoms with van der Waals surface area (Å²) < 4.78 is 10.9. The molecule has 0 fully saturated rings. The van der Waals surface area contributed by atoms with E-state index >= 15 is 0 Å². The van der Waals surface area contributed by atoms with E-state index in [0.29, 0.717) is 35.9 Å². The zero-order chi connectivity index (χ0) is 17.5. The second-order valence-corrected chi connectivity index (χ2v) is 5.97. The van der Waals surface area contributed by atoms with Gasteiger partial charge in [0.05, 0.1) is 19.4 Å². The van der Waals surface area contributed by atoms with Crippen molar-refractivity contribution in [2.75, 3.05) is 19.0 Å². The van der Waals surface area contributed by atoms with Crippen LogP contribution in [-0.2, 0) is 4.79 Å². The molecule has 2 aromatic carbocycles. The van der Waals surface area contributed by atoms with Crippen LogP contribution < -0.4 is 14.8 Å². The fourth-order valence-corrected chi connectivity index (χ4v) is 2.43. The normalized spacial score (nSPS) is 10.3. The predicted octanol–water partition coefficient (Wildman–Crippen LogP) is 4.76. The van der Waals surface area contributed by atoms with E-state index in [-0.39, 0.29) is 5.91 Å². The van der Waals surface area contributed by atoms with Crippen LogP contribution in [0.2, 0.25) is 5.02 Å². The molecule has 2 rings (SSSR count). The zero-order valence-corrected chi connectivity index (χ0v) is 14.9. The standard InChI is InChI=1S/C19H22ClNO3/c1-13-7-4-5-8-17(13)24-10-6-9-19(22)21-16-11-14(2)15(20)12-18(16)23-3/h4-5,7-8,11-12H,6,9-10H2,1-3H3,(H,21,22). The fraction of sp³-hybridized carbons (Fsp3) is 0.316. The average molecular weight is 348 g/mol. The van der Waals surface area contributed by atoms with E-state index in [1.54, 1.807) is 13.2 Å². The maximum atomic E-state index is 12.1. The number of carbonyl (C=O) groups is 1. The van der Waals surface area contributed by atoms with Gasteiger partial charge in [-0.2, -0.15) is 0 Å². The molecule has 0 saturated carbocycles. The summed E-state index contributed by atoms with van der Waals surface area (Å²) in [5.41, 5.74) is 2.60. The minimum atomic E-state index is -0.0802. The van der Waals surface area contributed by atoms with E-state index in [9.17, 15) is 4.79 Å². The van der Waals surface area contributed by atoms with Crippen molar-refractivity contribution in [1.29, 1.82) is 0 Å². The topological polar surface area (TPSA) is 47.6 Å². The average Bonchev–Trinajstić information content (AvgIpc) is 2.56. The maximum absolute atomic E-state index is 12.1. The van der Waals surface area contributed by atoms with Crippen LogP contribution in [0.3, 0.4) is 0 Å². The summed E-state index contributed by atoms with van der Waals surface area (Å²) in [7, 11) is 1.55. The summed E-state index contributed by atoms with van der Waals surface area (Å²) in [5.74, 6) is 1.33. The van der Waals surface area contributed by atoms with Gasteiger partial charge in [0.2, 0.25) is 5.91 Å². The number of halogens is 1. The Labute approximate surface area is 147 Å². The minimum Gasteiger partial charge on any atom is -0.495 e. The van der Waals surface area contributed by atoms with Crippen molar-refractivity contribution in [3.63, 3.8) is 0 Å². The van der Waals surface area contributed by atoms with Gasteiger partial charge in [-0.3, -0.25) is 4.79 Å². The van der Waals surface area contributed by atoms with Crippen molar-refractivity contribution in [2.24, 2.45) is 0 Å². The van der Waals surface area contributed by atoms with E-state index in [1.807, 2.05) is 44.2 Å². The molecule has 2 aromatic rings. The van der Waals surface area contributed by atoms with Gasteiger partial charge in [-0.15, -0.1) is 0 Å². The Morgan fingerprint density at radius 3 is 2.58 bits per heavy atom. The molecule has 5 heteroatoms. The molecule has 0 atom stereocenters. The molecule has 0 aliphatic rings. The van der Waals surface area contributed by atoms with E-state index < -0.39 is 0 Å². The van der Waals surface area contributed by atoms with E-state index in [2.05, 4.69) is 5.32 Å². The van der Waals surface area contributed by atoms with Crippen LogP contribution in [0.15, 0.2) is 36.4 Å². The number of rotatable bonds is 7. The number of hydrogen-bond acceptors (Lipinski definition) is 3. The molecule has 0 aliphatic carbocycles. The third-order valence-corrected chi connectivity index (χ3v) is 4.06. The van der Waals surface area contributed by atoms with Gasteiger partial charge < -0.3 is 14.8 Å². The number of ether oxygens (including phenoxy) is 2. The van der Waals surface area contributed by atoms with Gasteiger partial charge in [0.1, 0.15) is 11.5 Å². The molecule has 0 radical (unpaired) electrons. The number of hydrogen-bond donors (Lipinski definition) is 1. The van der Waals surface area contributed by atoms with Crippen molar-refractivity contribution in [2.45, 2.75) is 26.7 Å². The number of aryl methyl sites for hydroxylation is 2. The quantitative estimate of drug-likeness (QED) is 0.734. The third kappa shape index (κ3) is 4.90. The molecule has 0 aromatic heterocycles. The number of nitrogens with one attached hydrogen (secondary N) is 1. The smallest absolute Gasteiger partial charge is 0.224 e. The van der Waals surface area contributed by atoms with Crippen LogP contribution in [0.5, 0.6) is 11.5 Å². The number of amides is 1. The first-order valence-electron chi connectivity index (χ1n) is 7.83. The van der Waals surface area contributed by atoms with Crippen LogP contribution >= 0.6 is 11.6 Å². The maximum Gasteiger partial charge on any atom is 0.224 e. The summed E-state index contributed by atoms with van der Waals surface area (Å²) >= 11 is 6.07. The molecule has 4 nitrogen and oxygen atoms in total. The monoisotopic (exact) mass is 347 g/mol. The molecule has 24 heavy (non-hydrogen) atoms. The van der Waals surface area contributed by atoms with E-state index in [4.69, 9.17) is 21.1 Å². The van der Waals surface area contributed by atoms with Crippen LogP contribution in [0.25, 0.3) is 0 Å². The summed E-state index contributed by atoms with van der Waals surface area (Å²) in [6, 6.07) is 11.3. The van der Waals surface area contributed by atoms with Crippen LogP contribution in [0.4, 0.5) is 5.69 Å². The largest absolute Gasteiger partial charge is 0.495 e. The summed E-state index contributed by atoms with van der Waals surface area (Å²) in [4.78, 5) is 12.1. The number of benzene rings is 2. The number of methoxy groups -OCH3 is 1. The lowest BCUT2D eigenvalue weighted by Gasteiger charge is -2.12. The Morgan fingerprint density at radius 1 is 1.12 bits per heavy atom. The van der Waals surface area contributed by atoms with Crippen LogP contribution in [0.1, 0.15) is 24.0 Å². The Balaban J connectivity index is 1.84. The first kappa shape index (κ1) is 18.1. The van der Waals surface area contributed by atoms with Crippen molar-refractivity contribution >= 4 is 23.2 Å². The first-order valence-corrected chi connectivity index (χ1v) is 8.21. The van der Waals surface area contributed by atoms with Crippen LogP contribution in [-0.4, -0.2) is 19.6 Å². The Morgan fingerprint density at radius 2 is 1.88 bits per heavy atom. The van der Waals surface area contributed by atoms with Crippen molar-refractivity contribution < 1.29 is 14.3 Å². The summed E-state index contributed by atoms with van der Waals surface area (Å²) in [6.07, 6.45) is 1.01. The zero-order valence-electron chi connectivity index (χ0n) is 14.2. The summed E-state index contributed by atoms with van der Waals surface area (Å²) in [5, 5.41) is 3.47. The van der Waals surface area contributed by atoms with Crippen molar-refractivity contribution in [1.82, 2.24) is 0 Å². The molecule has 0 unspecified atom stereocenters. The lowest BCUT2D eigenvalue weighted by Crippen LogP contribution is -2.13. The highest BCUT2D eigenvalue weighted by Gasteiger charge is 2.10. The molecule has 0 aliphatic heterocycles. The van der Waals surface area contributed by atoms with E-state index in [1.165, 1.54) is 0 Å². The molecule has 0 saturated heterocycles. The van der Waals surface area contributed by atoms with Gasteiger partial charge in [0.15, 0.2) is 0 Å². The number of anilines is 1. The van der Waals surface area contributed by atoms with Crippen molar-refractivity contribution in [3.05, 3.63) is 52.5 Å². The number of para-hydroxylation sites is 1. The highest BCUT2D eigenvalue weighted by Crippen LogP contribution is 2.31. The molecule has 1 N–H and O–H groups in total. The highest BCUT2D eigenvalue weighted by atomic mass is 35.5. The second-order valence-electron chi connectivity index (χ2n) is 5.57. The molecule has 0 bridgehead atoms. The minimum absolute atomic E-state index is 0.0802.